The number of hydrogen-bond acceptors (Lipinski definition) is 4. The topological polar surface area (TPSA) is 60.9 Å². The van der Waals surface area contributed by atoms with Crippen molar-refractivity contribution in [3.63, 3.8) is 0 Å². The van der Waals surface area contributed by atoms with Crippen molar-refractivity contribution in [3.05, 3.63) is 76.6 Å². The summed E-state index contributed by atoms with van der Waals surface area (Å²) in [6.45, 7) is 2.91. The molecule has 0 spiro atoms. The molecule has 1 amide bonds. The molecule has 0 unspecified atom stereocenters. The summed E-state index contributed by atoms with van der Waals surface area (Å²) in [5, 5.41) is 10.9. The van der Waals surface area contributed by atoms with Gasteiger partial charge in [-0.15, -0.1) is 0 Å². The van der Waals surface area contributed by atoms with Gasteiger partial charge in [0.05, 0.1) is 11.6 Å². The number of Topliss-reactive ketones (excluding diaryl/α,β-unsaturated/α-hetero) is 1. The first-order valence-corrected chi connectivity index (χ1v) is 9.56. The molecule has 1 aliphatic heterocycles. The first-order chi connectivity index (χ1) is 13.8. The van der Waals surface area contributed by atoms with E-state index in [-0.39, 0.29) is 23.4 Å². The minimum absolute atomic E-state index is 0.0752. The van der Waals surface area contributed by atoms with Gasteiger partial charge < -0.3 is 14.9 Å². The number of benzene rings is 2. The summed E-state index contributed by atoms with van der Waals surface area (Å²) in [7, 11) is 3.83. The van der Waals surface area contributed by atoms with Gasteiger partial charge >= 0.3 is 0 Å². The Labute approximate surface area is 170 Å². The molecule has 0 aliphatic carbocycles. The van der Waals surface area contributed by atoms with E-state index >= 15 is 0 Å². The second-order valence-corrected chi connectivity index (χ2v) is 7.54. The van der Waals surface area contributed by atoms with Crippen molar-refractivity contribution in [3.8, 4) is 0 Å². The van der Waals surface area contributed by atoms with E-state index in [1.54, 1.807) is 42.5 Å². The fraction of sp³-hybridized carbons (Fsp3) is 0.304. The lowest BCUT2D eigenvalue weighted by atomic mass is 9.94. The number of aliphatic hydroxyl groups is 1. The fourth-order valence-electron chi connectivity index (χ4n) is 3.56. The lowest BCUT2D eigenvalue weighted by molar-refractivity contribution is -0.140. The molecule has 1 saturated heterocycles. The quantitative estimate of drug-likeness (QED) is 0.461. The molecule has 1 atom stereocenters. The molecule has 5 nitrogen and oxygen atoms in total. The average molecular weight is 396 g/mol. The smallest absolute Gasteiger partial charge is 0.295 e. The van der Waals surface area contributed by atoms with Gasteiger partial charge in [0, 0.05) is 17.7 Å². The summed E-state index contributed by atoms with van der Waals surface area (Å²) >= 11 is 0. The summed E-state index contributed by atoms with van der Waals surface area (Å²) in [5.41, 5.74) is 1.54. The standard InChI is InChI=1S/C23H25FN2O3/c1-15-9-11-16(12-10-15)21(27)19-20(17-7-4-5-8-18(17)24)26(23(29)22(19)28)14-6-13-25(2)3/h4-5,7-12,20,27H,6,13-14H2,1-3H3/b21-19+/t20-/m1/s1. The number of amides is 1. The molecule has 0 radical (unpaired) electrons. The molecular formula is C23H25FN2O3. The normalized spacial score (nSPS) is 18.7. The summed E-state index contributed by atoms with van der Waals surface area (Å²) in [5.74, 6) is -2.31. The Morgan fingerprint density at radius 3 is 2.38 bits per heavy atom. The van der Waals surface area contributed by atoms with Gasteiger partial charge in [0.1, 0.15) is 11.6 Å². The van der Waals surface area contributed by atoms with E-state index in [0.29, 0.717) is 18.5 Å². The van der Waals surface area contributed by atoms with Crippen LogP contribution in [-0.2, 0) is 9.59 Å². The van der Waals surface area contributed by atoms with Crippen LogP contribution in [0.25, 0.3) is 5.76 Å². The number of likely N-dealkylation sites (tertiary alicyclic amines) is 1. The number of aryl methyl sites for hydroxylation is 1. The predicted molar refractivity (Wildman–Crippen MR) is 110 cm³/mol. The molecule has 2 aromatic carbocycles. The molecule has 1 heterocycles. The van der Waals surface area contributed by atoms with Gasteiger partial charge in [-0.3, -0.25) is 9.59 Å². The molecule has 0 aromatic heterocycles. The van der Waals surface area contributed by atoms with E-state index in [1.165, 1.54) is 11.0 Å². The summed E-state index contributed by atoms with van der Waals surface area (Å²) in [4.78, 5) is 29.0. The van der Waals surface area contributed by atoms with E-state index in [0.717, 1.165) is 5.56 Å². The van der Waals surface area contributed by atoms with Crippen molar-refractivity contribution in [1.82, 2.24) is 9.80 Å². The minimum atomic E-state index is -0.959. The first kappa shape index (κ1) is 20.7. The maximum absolute atomic E-state index is 14.6. The number of halogens is 1. The average Bonchev–Trinajstić information content (AvgIpc) is 2.93. The van der Waals surface area contributed by atoms with Crippen molar-refractivity contribution >= 4 is 17.4 Å². The van der Waals surface area contributed by atoms with Gasteiger partial charge in [0.2, 0.25) is 0 Å². The zero-order valence-corrected chi connectivity index (χ0v) is 16.9. The number of carbonyl (C=O) groups excluding carboxylic acids is 2. The van der Waals surface area contributed by atoms with Gasteiger partial charge in [0.25, 0.3) is 11.7 Å². The third-order valence-electron chi connectivity index (χ3n) is 5.07. The SMILES string of the molecule is Cc1ccc(/C(O)=C2\C(=O)C(=O)N(CCCN(C)C)[C@@H]2c2ccccc2F)cc1. The first-order valence-electron chi connectivity index (χ1n) is 9.56. The minimum Gasteiger partial charge on any atom is -0.507 e. The van der Waals surface area contributed by atoms with Crippen molar-refractivity contribution < 1.29 is 19.1 Å². The van der Waals surface area contributed by atoms with Crippen LogP contribution in [0.3, 0.4) is 0 Å². The van der Waals surface area contributed by atoms with Gasteiger partial charge in [-0.1, -0.05) is 48.0 Å². The van der Waals surface area contributed by atoms with E-state index in [2.05, 4.69) is 0 Å². The number of hydrogen-bond donors (Lipinski definition) is 1. The summed E-state index contributed by atoms with van der Waals surface area (Å²) in [6.07, 6.45) is 0.621. The van der Waals surface area contributed by atoms with Crippen molar-refractivity contribution in [2.45, 2.75) is 19.4 Å². The van der Waals surface area contributed by atoms with Crippen LogP contribution >= 0.6 is 0 Å². The Balaban J connectivity index is 2.11. The van der Waals surface area contributed by atoms with Crippen molar-refractivity contribution in [2.75, 3.05) is 27.2 Å². The van der Waals surface area contributed by atoms with Crippen LogP contribution in [0.4, 0.5) is 4.39 Å². The molecule has 1 N–H and O–H groups in total. The summed E-state index contributed by atoms with van der Waals surface area (Å²) < 4.78 is 14.6. The highest BCUT2D eigenvalue weighted by Gasteiger charge is 2.46. The Kier molecular flexibility index (Phi) is 6.13. The van der Waals surface area contributed by atoms with Crippen LogP contribution < -0.4 is 0 Å². The molecule has 29 heavy (non-hydrogen) atoms. The number of carbonyl (C=O) groups is 2. The number of aliphatic hydroxyl groups excluding tert-OH is 1. The fourth-order valence-corrected chi connectivity index (χ4v) is 3.56. The number of nitrogens with zero attached hydrogens (tertiary/aromatic N) is 2. The maximum Gasteiger partial charge on any atom is 0.295 e. The van der Waals surface area contributed by atoms with Crippen LogP contribution in [0.15, 0.2) is 54.1 Å². The lowest BCUT2D eigenvalue weighted by Gasteiger charge is -2.26. The molecule has 1 aliphatic rings. The van der Waals surface area contributed by atoms with Crippen LogP contribution in [0, 0.1) is 12.7 Å². The second-order valence-electron chi connectivity index (χ2n) is 7.54. The van der Waals surface area contributed by atoms with E-state index < -0.39 is 23.5 Å². The zero-order valence-electron chi connectivity index (χ0n) is 16.9. The van der Waals surface area contributed by atoms with Crippen molar-refractivity contribution in [1.29, 1.82) is 0 Å². The maximum atomic E-state index is 14.6. The highest BCUT2D eigenvalue weighted by atomic mass is 19.1. The molecule has 152 valence electrons. The van der Waals surface area contributed by atoms with Gasteiger partial charge in [-0.2, -0.15) is 0 Å². The third-order valence-corrected chi connectivity index (χ3v) is 5.07. The van der Waals surface area contributed by atoms with E-state index in [1.807, 2.05) is 25.9 Å². The Morgan fingerprint density at radius 1 is 1.10 bits per heavy atom. The molecule has 1 fully saturated rings. The molecule has 3 rings (SSSR count). The molecular weight excluding hydrogens is 371 g/mol. The van der Waals surface area contributed by atoms with Crippen LogP contribution in [0.5, 0.6) is 0 Å². The molecule has 0 saturated carbocycles. The lowest BCUT2D eigenvalue weighted by Crippen LogP contribution is -2.32. The second kappa shape index (κ2) is 8.57. The van der Waals surface area contributed by atoms with Crippen molar-refractivity contribution in [2.24, 2.45) is 0 Å². The van der Waals surface area contributed by atoms with E-state index in [9.17, 15) is 19.1 Å². The highest BCUT2D eigenvalue weighted by molar-refractivity contribution is 6.46. The monoisotopic (exact) mass is 396 g/mol. The van der Waals surface area contributed by atoms with Crippen LogP contribution in [0.1, 0.15) is 29.2 Å². The Hall–Kier alpha value is -2.99. The largest absolute Gasteiger partial charge is 0.507 e. The summed E-state index contributed by atoms with van der Waals surface area (Å²) in [6, 6.07) is 12.1. The van der Waals surface area contributed by atoms with Gasteiger partial charge in [-0.25, -0.2) is 4.39 Å². The van der Waals surface area contributed by atoms with Crippen LogP contribution in [0.2, 0.25) is 0 Å². The Bertz CT molecular complexity index is 951. The molecule has 6 heteroatoms. The number of rotatable bonds is 6. The van der Waals surface area contributed by atoms with E-state index in [4.69, 9.17) is 0 Å². The molecule has 0 bridgehead atoms. The Morgan fingerprint density at radius 2 is 1.76 bits per heavy atom. The zero-order chi connectivity index (χ0) is 21.1. The van der Waals surface area contributed by atoms with Crippen LogP contribution in [-0.4, -0.2) is 53.8 Å². The van der Waals surface area contributed by atoms with Gasteiger partial charge in [0.15, 0.2) is 0 Å². The van der Waals surface area contributed by atoms with Gasteiger partial charge in [-0.05, 0) is 40.1 Å². The molecule has 2 aromatic rings. The third kappa shape index (κ3) is 4.22. The predicted octanol–water partition coefficient (Wildman–Crippen LogP) is 3.51. The number of ketones is 1. The highest BCUT2D eigenvalue weighted by Crippen LogP contribution is 2.40.